The van der Waals surface area contributed by atoms with Gasteiger partial charge in [-0.05, 0) is 31.9 Å². The molecule has 1 aliphatic rings. The van der Waals surface area contributed by atoms with E-state index in [2.05, 4.69) is 11.8 Å². The first-order valence-electron chi connectivity index (χ1n) is 9.00. The number of hydrogen-bond donors (Lipinski definition) is 0. The zero-order valence-corrected chi connectivity index (χ0v) is 15.8. The average molecular weight is 351 g/mol. The van der Waals surface area contributed by atoms with Gasteiger partial charge in [0.15, 0.2) is 0 Å². The molecule has 1 aromatic heterocycles. The summed E-state index contributed by atoms with van der Waals surface area (Å²) in [4.78, 5) is 14.5. The van der Waals surface area contributed by atoms with Gasteiger partial charge < -0.3 is 9.64 Å². The molecule has 1 unspecified atom stereocenters. The highest BCUT2D eigenvalue weighted by molar-refractivity contribution is 5.94. The second-order valence-electron chi connectivity index (χ2n) is 6.85. The molecule has 0 radical (unpaired) electrons. The number of ether oxygens (including phenoxy) is 1. The van der Waals surface area contributed by atoms with Gasteiger partial charge in [-0.2, -0.15) is 5.10 Å². The quantitative estimate of drug-likeness (QED) is 0.782. The van der Waals surface area contributed by atoms with Crippen LogP contribution in [0, 0.1) is 31.6 Å². The van der Waals surface area contributed by atoms with E-state index >= 15 is 0 Å². The summed E-state index contributed by atoms with van der Waals surface area (Å²) >= 11 is 0. The van der Waals surface area contributed by atoms with Gasteiger partial charge in [0, 0.05) is 23.7 Å². The van der Waals surface area contributed by atoms with Crippen LogP contribution in [0.15, 0.2) is 30.3 Å². The molecular weight excluding hydrogens is 326 g/mol. The molecular formula is C21H25N3O2. The van der Waals surface area contributed by atoms with E-state index in [1.165, 1.54) is 0 Å². The molecule has 2 aromatic rings. The number of morpholine rings is 1. The summed E-state index contributed by atoms with van der Waals surface area (Å²) in [5, 5.41) is 4.71. The highest BCUT2D eigenvalue weighted by Gasteiger charge is 2.32. The van der Waals surface area contributed by atoms with Crippen molar-refractivity contribution >= 4 is 5.91 Å². The van der Waals surface area contributed by atoms with E-state index in [-0.39, 0.29) is 17.9 Å². The molecule has 1 aromatic carbocycles. The molecule has 26 heavy (non-hydrogen) atoms. The molecule has 1 atom stereocenters. The molecule has 1 fully saturated rings. The number of nitrogens with zero attached hydrogens (tertiary/aromatic N) is 3. The molecule has 1 aliphatic heterocycles. The summed E-state index contributed by atoms with van der Waals surface area (Å²) in [6.07, 6.45) is 0. The van der Waals surface area contributed by atoms with Crippen molar-refractivity contribution in [2.75, 3.05) is 19.8 Å². The molecule has 0 aliphatic carbocycles. The maximum Gasteiger partial charge on any atom is 0.299 e. The third-order valence-electron chi connectivity index (χ3n) is 4.54. The molecule has 136 valence electrons. The minimum Gasteiger partial charge on any atom is -0.377 e. The molecule has 5 nitrogen and oxygen atoms in total. The topological polar surface area (TPSA) is 47.4 Å². The van der Waals surface area contributed by atoms with Gasteiger partial charge in [-0.3, -0.25) is 4.79 Å². The van der Waals surface area contributed by atoms with E-state index in [0.717, 1.165) is 22.6 Å². The van der Waals surface area contributed by atoms with E-state index in [9.17, 15) is 4.79 Å². The van der Waals surface area contributed by atoms with Crippen LogP contribution in [0.25, 0.3) is 5.69 Å². The normalized spacial score (nSPS) is 17.1. The molecule has 0 N–H and O–H groups in total. The number of carbonyl (C=O) groups is 1. The van der Waals surface area contributed by atoms with Crippen LogP contribution in [0.1, 0.15) is 36.8 Å². The van der Waals surface area contributed by atoms with Crippen molar-refractivity contribution < 1.29 is 9.53 Å². The van der Waals surface area contributed by atoms with E-state index in [4.69, 9.17) is 9.84 Å². The van der Waals surface area contributed by atoms with Crippen LogP contribution in [0.2, 0.25) is 0 Å². The average Bonchev–Trinajstić information content (AvgIpc) is 2.94. The third-order valence-corrected chi connectivity index (χ3v) is 4.54. The largest absolute Gasteiger partial charge is 0.377 e. The fourth-order valence-corrected chi connectivity index (χ4v) is 3.32. The summed E-state index contributed by atoms with van der Waals surface area (Å²) in [6, 6.07) is 9.86. The van der Waals surface area contributed by atoms with Gasteiger partial charge in [-0.25, -0.2) is 4.68 Å². The lowest BCUT2D eigenvalue weighted by Gasteiger charge is -2.34. The summed E-state index contributed by atoms with van der Waals surface area (Å²) in [5.74, 6) is 5.78. The second-order valence-corrected chi connectivity index (χ2v) is 6.85. The smallest absolute Gasteiger partial charge is 0.299 e. The third kappa shape index (κ3) is 3.66. The molecule has 1 amide bonds. The lowest BCUT2D eigenvalue weighted by Crippen LogP contribution is -2.43. The highest BCUT2D eigenvalue weighted by atomic mass is 16.5. The Bertz CT molecular complexity index is 843. The molecule has 3 rings (SSSR count). The van der Waals surface area contributed by atoms with E-state index < -0.39 is 0 Å². The minimum absolute atomic E-state index is 0.140. The Kier molecular flexibility index (Phi) is 5.43. The maximum atomic E-state index is 12.7. The SMILES string of the molecule is Cc1nn(-c2ccccc2)c(C)c1C1COCCN1C(=O)C#CC(C)C. The lowest BCUT2D eigenvalue weighted by molar-refractivity contribution is -0.133. The summed E-state index contributed by atoms with van der Waals surface area (Å²) in [7, 11) is 0. The first-order valence-corrected chi connectivity index (χ1v) is 9.00. The Hall–Kier alpha value is -2.58. The van der Waals surface area contributed by atoms with Gasteiger partial charge in [-0.1, -0.05) is 38.0 Å². The lowest BCUT2D eigenvalue weighted by atomic mass is 10.0. The van der Waals surface area contributed by atoms with Crippen LogP contribution in [0.4, 0.5) is 0 Å². The number of hydrogen-bond acceptors (Lipinski definition) is 3. The molecule has 5 heteroatoms. The Morgan fingerprint density at radius 2 is 2.00 bits per heavy atom. The van der Waals surface area contributed by atoms with Gasteiger partial charge in [0.05, 0.1) is 30.6 Å². The van der Waals surface area contributed by atoms with Gasteiger partial charge in [-0.15, -0.1) is 0 Å². The monoisotopic (exact) mass is 351 g/mol. The zero-order valence-electron chi connectivity index (χ0n) is 15.8. The van der Waals surface area contributed by atoms with Crippen LogP contribution in [-0.2, 0) is 9.53 Å². The van der Waals surface area contributed by atoms with Gasteiger partial charge in [0.2, 0.25) is 0 Å². The first kappa shape index (κ1) is 18.2. The molecule has 0 saturated carbocycles. The second kappa shape index (κ2) is 7.76. The summed E-state index contributed by atoms with van der Waals surface area (Å²) < 4.78 is 7.62. The maximum absolute atomic E-state index is 12.7. The van der Waals surface area contributed by atoms with Crippen LogP contribution >= 0.6 is 0 Å². The van der Waals surface area contributed by atoms with Crippen LogP contribution in [0.3, 0.4) is 0 Å². The van der Waals surface area contributed by atoms with Crippen molar-refractivity contribution in [3.05, 3.63) is 47.3 Å². The Morgan fingerprint density at radius 1 is 1.27 bits per heavy atom. The Morgan fingerprint density at radius 3 is 2.69 bits per heavy atom. The number of para-hydroxylation sites is 1. The summed E-state index contributed by atoms with van der Waals surface area (Å²) in [6.45, 7) is 9.54. The number of aromatic nitrogens is 2. The Labute approximate surface area is 155 Å². The number of amides is 1. The standard InChI is InChI=1S/C21H25N3O2/c1-15(2)10-11-20(25)23-12-13-26-14-19(23)21-16(3)22-24(17(21)4)18-8-6-5-7-9-18/h5-9,15,19H,12-14H2,1-4H3. The number of rotatable bonds is 2. The predicted molar refractivity (Wildman–Crippen MR) is 101 cm³/mol. The number of carbonyl (C=O) groups excluding carboxylic acids is 1. The van der Waals surface area contributed by atoms with Crippen molar-refractivity contribution in [2.24, 2.45) is 5.92 Å². The fraction of sp³-hybridized carbons (Fsp3) is 0.429. The van der Waals surface area contributed by atoms with E-state index in [1.54, 1.807) is 0 Å². The zero-order chi connectivity index (χ0) is 18.7. The van der Waals surface area contributed by atoms with Crippen LogP contribution in [-0.4, -0.2) is 40.3 Å². The van der Waals surface area contributed by atoms with E-state index in [0.29, 0.717) is 19.8 Å². The van der Waals surface area contributed by atoms with Crippen molar-refractivity contribution in [1.82, 2.24) is 14.7 Å². The van der Waals surface area contributed by atoms with Crippen LogP contribution < -0.4 is 0 Å². The van der Waals surface area contributed by atoms with Gasteiger partial charge in [0.1, 0.15) is 0 Å². The van der Waals surface area contributed by atoms with Crippen LogP contribution in [0.5, 0.6) is 0 Å². The predicted octanol–water partition coefficient (Wildman–Crippen LogP) is 3.05. The molecule has 1 saturated heterocycles. The van der Waals surface area contributed by atoms with Gasteiger partial charge in [0.25, 0.3) is 5.91 Å². The molecule has 0 spiro atoms. The van der Waals surface area contributed by atoms with Crippen molar-refractivity contribution in [1.29, 1.82) is 0 Å². The highest BCUT2D eigenvalue weighted by Crippen LogP contribution is 2.30. The molecule has 2 heterocycles. The van der Waals surface area contributed by atoms with Crippen molar-refractivity contribution in [3.63, 3.8) is 0 Å². The van der Waals surface area contributed by atoms with E-state index in [1.807, 2.05) is 67.6 Å². The van der Waals surface area contributed by atoms with Gasteiger partial charge >= 0.3 is 0 Å². The van der Waals surface area contributed by atoms with Crippen molar-refractivity contribution in [3.8, 4) is 17.5 Å². The summed E-state index contributed by atoms with van der Waals surface area (Å²) in [5.41, 5.74) is 4.00. The molecule has 0 bridgehead atoms. The van der Waals surface area contributed by atoms with Crippen molar-refractivity contribution in [2.45, 2.75) is 33.7 Å². The Balaban J connectivity index is 1.97. The minimum atomic E-state index is -0.157. The fourth-order valence-electron chi connectivity index (χ4n) is 3.32. The number of benzene rings is 1. The number of aryl methyl sites for hydroxylation is 1. The first-order chi connectivity index (χ1) is 12.5.